The first-order valence-corrected chi connectivity index (χ1v) is 14.4. The zero-order chi connectivity index (χ0) is 26.1. The molecule has 2 atom stereocenters. The summed E-state index contributed by atoms with van der Waals surface area (Å²) in [5.41, 5.74) is 6.64. The van der Waals surface area contributed by atoms with E-state index in [1.54, 1.807) is 13.8 Å². The van der Waals surface area contributed by atoms with Crippen LogP contribution >= 0.6 is 0 Å². The highest BCUT2D eigenvalue weighted by molar-refractivity contribution is 7.91. The van der Waals surface area contributed by atoms with E-state index in [-0.39, 0.29) is 0 Å². The topological polar surface area (TPSA) is 122 Å². The third kappa shape index (κ3) is 5.05. The van der Waals surface area contributed by atoms with Crippen molar-refractivity contribution in [2.75, 3.05) is 24.2 Å². The van der Waals surface area contributed by atoms with Gasteiger partial charge in [0.15, 0.2) is 9.84 Å². The van der Waals surface area contributed by atoms with Gasteiger partial charge in [0, 0.05) is 17.4 Å². The molecule has 4 rings (SSSR count). The van der Waals surface area contributed by atoms with Gasteiger partial charge in [0.1, 0.15) is 11.4 Å². The third-order valence-electron chi connectivity index (χ3n) is 7.30. The normalized spacial score (nSPS) is 20.1. The lowest BCUT2D eigenvalue weighted by molar-refractivity contribution is -0.130. The Bertz CT molecular complexity index is 1220. The van der Waals surface area contributed by atoms with Gasteiger partial charge >= 0.3 is 0 Å². The van der Waals surface area contributed by atoms with Crippen molar-refractivity contribution in [3.05, 3.63) is 65.7 Å². The van der Waals surface area contributed by atoms with Crippen LogP contribution < -0.4 is 21.3 Å². The maximum absolute atomic E-state index is 14.3. The Morgan fingerprint density at radius 2 is 1.72 bits per heavy atom. The van der Waals surface area contributed by atoms with E-state index in [1.807, 2.05) is 54.6 Å². The van der Waals surface area contributed by atoms with Crippen LogP contribution in [0.15, 0.2) is 54.6 Å². The van der Waals surface area contributed by atoms with Crippen LogP contribution in [-0.2, 0) is 31.3 Å². The third-order valence-corrected chi connectivity index (χ3v) is 8.77. The highest BCUT2D eigenvalue weighted by Crippen LogP contribution is 2.52. The minimum absolute atomic E-state index is 0.314. The SMILES string of the molecule is CC(C)(N)C(=O)NC(CCc1ccccc1)C(=O)N1c2ccccc2C2(CCNCC2)[C@H]1S(C)(=O)=O. The molecule has 1 saturated heterocycles. The Kier molecular flexibility index (Phi) is 7.28. The summed E-state index contributed by atoms with van der Waals surface area (Å²) in [6.45, 7) is 4.49. The van der Waals surface area contributed by atoms with E-state index in [4.69, 9.17) is 5.73 Å². The summed E-state index contributed by atoms with van der Waals surface area (Å²) >= 11 is 0. The average molecular weight is 513 g/mol. The number of nitrogens with two attached hydrogens (primary N) is 1. The van der Waals surface area contributed by atoms with E-state index in [0.717, 1.165) is 11.1 Å². The van der Waals surface area contributed by atoms with Crippen molar-refractivity contribution in [2.45, 2.75) is 61.9 Å². The van der Waals surface area contributed by atoms with E-state index in [0.29, 0.717) is 44.5 Å². The lowest BCUT2D eigenvalue weighted by atomic mass is 9.74. The number of aryl methyl sites for hydroxylation is 1. The van der Waals surface area contributed by atoms with Crippen LogP contribution in [0, 0.1) is 0 Å². The number of para-hydroxylation sites is 1. The minimum Gasteiger partial charge on any atom is -0.343 e. The predicted molar refractivity (Wildman–Crippen MR) is 141 cm³/mol. The number of benzene rings is 2. The Hall–Kier alpha value is -2.75. The second-order valence-electron chi connectivity index (χ2n) is 10.6. The molecule has 0 bridgehead atoms. The van der Waals surface area contributed by atoms with Crippen LogP contribution in [0.25, 0.3) is 0 Å². The van der Waals surface area contributed by atoms with Crippen LogP contribution in [0.1, 0.15) is 44.2 Å². The van der Waals surface area contributed by atoms with Gasteiger partial charge in [-0.1, -0.05) is 48.5 Å². The molecule has 1 unspecified atom stereocenters. The van der Waals surface area contributed by atoms with Crippen LogP contribution in [0.4, 0.5) is 5.69 Å². The predicted octanol–water partition coefficient (Wildman–Crippen LogP) is 1.88. The molecule has 2 aromatic carbocycles. The largest absolute Gasteiger partial charge is 0.343 e. The fourth-order valence-electron chi connectivity index (χ4n) is 5.56. The summed E-state index contributed by atoms with van der Waals surface area (Å²) in [5.74, 6) is -0.893. The number of anilines is 1. The zero-order valence-corrected chi connectivity index (χ0v) is 22.0. The number of carbonyl (C=O) groups excluding carboxylic acids is 2. The maximum atomic E-state index is 14.3. The zero-order valence-electron chi connectivity index (χ0n) is 21.2. The van der Waals surface area contributed by atoms with E-state index >= 15 is 0 Å². The smallest absolute Gasteiger partial charge is 0.250 e. The molecule has 4 N–H and O–H groups in total. The molecule has 2 aliphatic heterocycles. The maximum Gasteiger partial charge on any atom is 0.250 e. The fourth-order valence-corrected chi connectivity index (χ4v) is 7.34. The number of nitrogens with one attached hydrogen (secondary N) is 2. The molecule has 9 heteroatoms. The molecule has 8 nitrogen and oxygen atoms in total. The number of nitrogens with zero attached hydrogens (tertiary/aromatic N) is 1. The first-order chi connectivity index (χ1) is 16.9. The molecule has 0 aliphatic carbocycles. The van der Waals surface area contributed by atoms with E-state index in [1.165, 1.54) is 11.2 Å². The number of fused-ring (bicyclic) bond motifs is 2. The van der Waals surface area contributed by atoms with Crippen molar-refractivity contribution in [2.24, 2.45) is 5.73 Å². The number of amides is 2. The van der Waals surface area contributed by atoms with Gasteiger partial charge in [-0.3, -0.25) is 14.5 Å². The first kappa shape index (κ1) is 26.3. The summed E-state index contributed by atoms with van der Waals surface area (Å²) in [5, 5.41) is 5.11. The number of hydrogen-bond donors (Lipinski definition) is 3. The lowest BCUT2D eigenvalue weighted by Gasteiger charge is -2.41. The van der Waals surface area contributed by atoms with Crippen molar-refractivity contribution in [3.63, 3.8) is 0 Å². The van der Waals surface area contributed by atoms with Crippen molar-refractivity contribution in [1.82, 2.24) is 10.6 Å². The first-order valence-electron chi connectivity index (χ1n) is 12.4. The van der Waals surface area contributed by atoms with Crippen LogP contribution in [-0.4, -0.2) is 56.5 Å². The van der Waals surface area contributed by atoms with Gasteiger partial charge < -0.3 is 16.4 Å². The molecule has 0 aromatic heterocycles. The van der Waals surface area contributed by atoms with E-state index in [2.05, 4.69) is 10.6 Å². The second kappa shape index (κ2) is 9.95. The van der Waals surface area contributed by atoms with Gasteiger partial charge in [0.2, 0.25) is 5.91 Å². The molecule has 0 radical (unpaired) electrons. The average Bonchev–Trinajstić information content (AvgIpc) is 3.12. The van der Waals surface area contributed by atoms with Gasteiger partial charge in [-0.25, -0.2) is 8.42 Å². The van der Waals surface area contributed by atoms with Crippen molar-refractivity contribution < 1.29 is 18.0 Å². The molecular weight excluding hydrogens is 476 g/mol. The molecule has 0 saturated carbocycles. The van der Waals surface area contributed by atoms with Crippen LogP contribution in [0.2, 0.25) is 0 Å². The molecule has 2 aliphatic rings. The Balaban J connectivity index is 1.76. The number of piperidine rings is 1. The summed E-state index contributed by atoms with van der Waals surface area (Å²) in [6.07, 6.45) is 3.25. The van der Waals surface area contributed by atoms with Gasteiger partial charge in [0.25, 0.3) is 5.91 Å². The van der Waals surface area contributed by atoms with Crippen molar-refractivity contribution >= 4 is 27.3 Å². The van der Waals surface area contributed by atoms with Gasteiger partial charge in [-0.15, -0.1) is 0 Å². The van der Waals surface area contributed by atoms with Crippen molar-refractivity contribution in [3.8, 4) is 0 Å². The Labute approximate surface area is 213 Å². The summed E-state index contributed by atoms with van der Waals surface area (Å²) < 4.78 is 26.7. The lowest BCUT2D eigenvalue weighted by Crippen LogP contribution is -2.61. The van der Waals surface area contributed by atoms with Crippen molar-refractivity contribution in [1.29, 1.82) is 0 Å². The molecule has 36 heavy (non-hydrogen) atoms. The van der Waals surface area contributed by atoms with Crippen LogP contribution in [0.3, 0.4) is 0 Å². The summed E-state index contributed by atoms with van der Waals surface area (Å²) in [7, 11) is -3.69. The number of rotatable bonds is 7. The summed E-state index contributed by atoms with van der Waals surface area (Å²) in [6, 6.07) is 16.2. The molecule has 1 fully saturated rings. The molecule has 2 amide bonds. The highest BCUT2D eigenvalue weighted by atomic mass is 32.2. The van der Waals surface area contributed by atoms with E-state index in [9.17, 15) is 18.0 Å². The van der Waals surface area contributed by atoms with E-state index < -0.39 is 44.0 Å². The molecule has 2 heterocycles. The number of carbonyl (C=O) groups is 2. The fraction of sp³-hybridized carbons (Fsp3) is 0.481. The second-order valence-corrected chi connectivity index (χ2v) is 12.7. The summed E-state index contributed by atoms with van der Waals surface area (Å²) in [4.78, 5) is 28.6. The van der Waals surface area contributed by atoms with Gasteiger partial charge in [0.05, 0.1) is 5.54 Å². The Morgan fingerprint density at radius 1 is 1.11 bits per heavy atom. The minimum atomic E-state index is -3.69. The number of sulfone groups is 1. The van der Waals surface area contributed by atoms with Gasteiger partial charge in [-0.2, -0.15) is 0 Å². The quantitative estimate of drug-likeness (QED) is 0.521. The monoisotopic (exact) mass is 512 g/mol. The number of hydrogen-bond acceptors (Lipinski definition) is 6. The molecule has 1 spiro atoms. The molecule has 194 valence electrons. The molecular formula is C27H36N4O4S. The molecule has 2 aromatic rings. The highest BCUT2D eigenvalue weighted by Gasteiger charge is 2.58. The van der Waals surface area contributed by atoms with Crippen LogP contribution in [0.5, 0.6) is 0 Å². The standard InChI is InChI=1S/C27H36N4O4S/c1-26(2,28)24(33)30-21(14-13-19-9-5-4-6-10-19)23(32)31-22-12-8-7-11-20(22)27(15-17-29-18-16-27)25(31)36(3,34)35/h4-12,21,25,29H,13-18,28H2,1-3H3,(H,30,33)/t21?,25-/m1/s1. The van der Waals surface area contributed by atoms with Gasteiger partial charge in [-0.05, 0) is 69.8 Å². The Morgan fingerprint density at radius 3 is 2.33 bits per heavy atom.